The zero-order valence-corrected chi connectivity index (χ0v) is 11.8. The highest BCUT2D eigenvalue weighted by Gasteiger charge is 2.11. The van der Waals surface area contributed by atoms with E-state index >= 15 is 0 Å². The number of hydrogen-bond acceptors (Lipinski definition) is 3. The second-order valence-electron chi connectivity index (χ2n) is 3.67. The van der Waals surface area contributed by atoms with Gasteiger partial charge in [-0.1, -0.05) is 12.1 Å². The number of nitrogens with one attached hydrogen (secondary N) is 1. The standard InChI is InChI=1S/C13H9IN2O3/c14-10-4-2-1-3-9(10)12(17)16-8-5-6-15-11(7-8)13(18)19/h1-7H,(H,18,19)(H,15,16,17). The van der Waals surface area contributed by atoms with E-state index < -0.39 is 5.97 Å². The SMILES string of the molecule is O=C(O)c1cc(NC(=O)c2ccccc2I)ccn1. The smallest absolute Gasteiger partial charge is 0.354 e. The summed E-state index contributed by atoms with van der Waals surface area (Å²) in [4.78, 5) is 26.5. The summed E-state index contributed by atoms with van der Waals surface area (Å²) in [6, 6.07) is 10.00. The van der Waals surface area contributed by atoms with Gasteiger partial charge in [0.05, 0.1) is 5.56 Å². The largest absolute Gasteiger partial charge is 0.477 e. The lowest BCUT2D eigenvalue weighted by molar-refractivity contribution is 0.0690. The van der Waals surface area contributed by atoms with Crippen molar-refractivity contribution in [3.8, 4) is 0 Å². The first kappa shape index (κ1) is 13.5. The first-order chi connectivity index (χ1) is 9.08. The van der Waals surface area contributed by atoms with E-state index in [0.29, 0.717) is 11.3 Å². The Labute approximate surface area is 122 Å². The third-order valence-electron chi connectivity index (χ3n) is 2.36. The third-order valence-corrected chi connectivity index (χ3v) is 3.30. The molecule has 1 amide bonds. The molecule has 2 N–H and O–H groups in total. The maximum absolute atomic E-state index is 12.0. The fraction of sp³-hybridized carbons (Fsp3) is 0. The van der Waals surface area contributed by atoms with Crippen molar-refractivity contribution in [1.82, 2.24) is 4.98 Å². The Morgan fingerprint density at radius 2 is 1.95 bits per heavy atom. The van der Waals surface area contributed by atoms with Crippen molar-refractivity contribution < 1.29 is 14.7 Å². The molecule has 0 radical (unpaired) electrons. The molecule has 0 saturated carbocycles. The van der Waals surface area contributed by atoms with E-state index in [4.69, 9.17) is 5.11 Å². The van der Waals surface area contributed by atoms with Gasteiger partial charge in [-0.25, -0.2) is 9.78 Å². The number of anilines is 1. The van der Waals surface area contributed by atoms with Gasteiger partial charge in [-0.05, 0) is 46.9 Å². The number of carboxylic acids is 1. The van der Waals surface area contributed by atoms with E-state index in [0.717, 1.165) is 3.57 Å². The molecule has 0 bridgehead atoms. The maximum Gasteiger partial charge on any atom is 0.354 e. The van der Waals surface area contributed by atoms with E-state index in [1.165, 1.54) is 12.3 Å². The number of aromatic nitrogens is 1. The van der Waals surface area contributed by atoms with E-state index in [2.05, 4.69) is 32.9 Å². The Morgan fingerprint density at radius 1 is 1.21 bits per heavy atom. The van der Waals surface area contributed by atoms with Crippen molar-refractivity contribution in [3.05, 3.63) is 57.4 Å². The predicted molar refractivity (Wildman–Crippen MR) is 78.3 cm³/mol. The minimum absolute atomic E-state index is 0.111. The van der Waals surface area contributed by atoms with E-state index in [1.54, 1.807) is 18.2 Å². The van der Waals surface area contributed by atoms with Crippen LogP contribution in [-0.4, -0.2) is 22.0 Å². The number of carboxylic acid groups (broad SMARTS) is 1. The number of halogens is 1. The van der Waals surface area contributed by atoms with Crippen molar-refractivity contribution in [3.63, 3.8) is 0 Å². The van der Waals surface area contributed by atoms with Crippen LogP contribution in [0.25, 0.3) is 0 Å². The van der Waals surface area contributed by atoms with Crippen LogP contribution in [0.2, 0.25) is 0 Å². The van der Waals surface area contributed by atoms with Crippen LogP contribution in [0.1, 0.15) is 20.8 Å². The number of hydrogen-bond donors (Lipinski definition) is 2. The molecule has 96 valence electrons. The lowest BCUT2D eigenvalue weighted by Crippen LogP contribution is -2.14. The molecule has 1 aromatic carbocycles. The Balaban J connectivity index is 2.22. The average Bonchev–Trinajstić information content (AvgIpc) is 2.39. The second-order valence-corrected chi connectivity index (χ2v) is 4.83. The highest BCUT2D eigenvalue weighted by atomic mass is 127. The van der Waals surface area contributed by atoms with Crippen LogP contribution in [0, 0.1) is 3.57 Å². The van der Waals surface area contributed by atoms with Gasteiger partial charge < -0.3 is 10.4 Å². The summed E-state index contributed by atoms with van der Waals surface area (Å²) in [5.41, 5.74) is 0.828. The lowest BCUT2D eigenvalue weighted by Gasteiger charge is -2.07. The molecule has 0 aliphatic carbocycles. The van der Waals surface area contributed by atoms with Crippen LogP contribution >= 0.6 is 22.6 Å². The van der Waals surface area contributed by atoms with Crippen molar-refractivity contribution in [2.45, 2.75) is 0 Å². The van der Waals surface area contributed by atoms with Gasteiger partial charge >= 0.3 is 5.97 Å². The van der Waals surface area contributed by atoms with Crippen molar-refractivity contribution in [1.29, 1.82) is 0 Å². The number of carbonyl (C=O) groups excluding carboxylic acids is 1. The van der Waals surface area contributed by atoms with Gasteiger partial charge in [-0.3, -0.25) is 4.79 Å². The van der Waals surface area contributed by atoms with E-state index in [9.17, 15) is 9.59 Å². The molecule has 5 nitrogen and oxygen atoms in total. The molecule has 0 saturated heterocycles. The van der Waals surface area contributed by atoms with Crippen LogP contribution in [0.5, 0.6) is 0 Å². The van der Waals surface area contributed by atoms with Crippen molar-refractivity contribution >= 4 is 40.2 Å². The summed E-state index contributed by atoms with van der Waals surface area (Å²) in [7, 11) is 0. The van der Waals surface area contributed by atoms with Gasteiger partial charge in [-0.15, -0.1) is 0 Å². The van der Waals surface area contributed by atoms with Gasteiger partial charge in [0.1, 0.15) is 5.69 Å². The first-order valence-corrected chi connectivity index (χ1v) is 6.41. The average molecular weight is 368 g/mol. The minimum Gasteiger partial charge on any atom is -0.477 e. The second kappa shape index (κ2) is 5.79. The quantitative estimate of drug-likeness (QED) is 0.817. The number of amides is 1. The van der Waals surface area contributed by atoms with Crippen LogP contribution < -0.4 is 5.32 Å². The maximum atomic E-state index is 12.0. The van der Waals surface area contributed by atoms with Gasteiger partial charge in [0.25, 0.3) is 5.91 Å². The highest BCUT2D eigenvalue weighted by Crippen LogP contribution is 2.15. The topological polar surface area (TPSA) is 79.3 Å². The molecule has 1 heterocycles. The minimum atomic E-state index is -1.13. The van der Waals surface area contributed by atoms with Crippen LogP contribution in [0.15, 0.2) is 42.6 Å². The third kappa shape index (κ3) is 3.28. The molecule has 0 aliphatic rings. The monoisotopic (exact) mass is 368 g/mol. The van der Waals surface area contributed by atoms with Crippen LogP contribution in [-0.2, 0) is 0 Å². The number of nitrogens with zero attached hydrogens (tertiary/aromatic N) is 1. The molecule has 0 atom stereocenters. The summed E-state index contributed by atoms with van der Waals surface area (Å²) in [6.07, 6.45) is 1.34. The zero-order valence-electron chi connectivity index (χ0n) is 9.63. The van der Waals surface area contributed by atoms with Gasteiger partial charge in [-0.2, -0.15) is 0 Å². The highest BCUT2D eigenvalue weighted by molar-refractivity contribution is 14.1. The molecular weight excluding hydrogens is 359 g/mol. The van der Waals surface area contributed by atoms with Crippen LogP contribution in [0.3, 0.4) is 0 Å². The molecule has 0 aliphatic heterocycles. The Bertz CT molecular complexity index is 643. The summed E-state index contributed by atoms with van der Waals surface area (Å²) in [6.45, 7) is 0. The van der Waals surface area contributed by atoms with Crippen LogP contribution in [0.4, 0.5) is 5.69 Å². The number of pyridine rings is 1. The predicted octanol–water partition coefficient (Wildman–Crippen LogP) is 2.64. The molecule has 19 heavy (non-hydrogen) atoms. The van der Waals surface area contributed by atoms with E-state index in [1.807, 2.05) is 12.1 Å². The summed E-state index contributed by atoms with van der Waals surface area (Å²) in [5, 5.41) is 11.5. The zero-order chi connectivity index (χ0) is 13.8. The van der Waals surface area contributed by atoms with Crippen molar-refractivity contribution in [2.75, 3.05) is 5.32 Å². The number of benzene rings is 1. The Hall–Kier alpha value is -1.96. The normalized spacial score (nSPS) is 9.95. The summed E-state index contributed by atoms with van der Waals surface area (Å²) >= 11 is 2.07. The fourth-order valence-electron chi connectivity index (χ4n) is 1.47. The van der Waals surface area contributed by atoms with Gasteiger partial charge in [0, 0.05) is 15.5 Å². The van der Waals surface area contributed by atoms with Gasteiger partial charge in [0.2, 0.25) is 0 Å². The fourth-order valence-corrected chi connectivity index (χ4v) is 2.10. The summed E-state index contributed by atoms with van der Waals surface area (Å²) in [5.74, 6) is -1.42. The lowest BCUT2D eigenvalue weighted by atomic mass is 10.2. The number of carbonyl (C=O) groups is 2. The number of aromatic carboxylic acids is 1. The molecule has 1 aromatic heterocycles. The molecule has 2 aromatic rings. The van der Waals surface area contributed by atoms with E-state index in [-0.39, 0.29) is 11.6 Å². The summed E-state index contributed by atoms with van der Waals surface area (Å²) < 4.78 is 0.824. The van der Waals surface area contributed by atoms with Crippen molar-refractivity contribution in [2.24, 2.45) is 0 Å². The molecular formula is C13H9IN2O3. The first-order valence-electron chi connectivity index (χ1n) is 5.33. The van der Waals surface area contributed by atoms with Gasteiger partial charge in [0.15, 0.2) is 0 Å². The molecule has 2 rings (SSSR count). The Morgan fingerprint density at radius 3 is 2.63 bits per heavy atom. The molecule has 6 heteroatoms. The number of rotatable bonds is 3. The molecule has 0 unspecified atom stereocenters. The Kier molecular flexibility index (Phi) is 4.10. The molecule has 0 spiro atoms. The molecule has 0 fully saturated rings.